The van der Waals surface area contributed by atoms with Crippen molar-refractivity contribution in [2.45, 2.75) is 6.92 Å². The van der Waals surface area contributed by atoms with Crippen molar-refractivity contribution >= 4 is 27.5 Å². The van der Waals surface area contributed by atoms with Crippen LogP contribution in [0.15, 0.2) is 34.9 Å². The Balaban J connectivity index is 2.55. The Morgan fingerprint density at radius 2 is 2.00 bits per heavy atom. The number of hydrogen-bond acceptors (Lipinski definition) is 2. The Morgan fingerprint density at radius 3 is 2.67 bits per heavy atom. The molecule has 76 valence electrons. The van der Waals surface area contributed by atoms with E-state index in [1.807, 2.05) is 31.2 Å². The molecule has 2 rings (SSSR count). The van der Waals surface area contributed by atoms with Gasteiger partial charge in [-0.2, -0.15) is 0 Å². The summed E-state index contributed by atoms with van der Waals surface area (Å²) in [7, 11) is 0. The molecule has 2 aromatic rings. The van der Waals surface area contributed by atoms with Crippen molar-refractivity contribution < 1.29 is 0 Å². The van der Waals surface area contributed by atoms with Gasteiger partial charge in [0.05, 0.1) is 4.47 Å². The van der Waals surface area contributed by atoms with E-state index in [-0.39, 0.29) is 0 Å². The van der Waals surface area contributed by atoms with Gasteiger partial charge >= 0.3 is 0 Å². The molecule has 0 N–H and O–H groups in total. The van der Waals surface area contributed by atoms with Gasteiger partial charge in [-0.15, -0.1) is 0 Å². The predicted octanol–water partition coefficient (Wildman–Crippen LogP) is 3.87. The molecule has 0 unspecified atom stereocenters. The second-order valence-corrected chi connectivity index (χ2v) is 4.36. The summed E-state index contributed by atoms with van der Waals surface area (Å²) in [6, 6.07) is 7.95. The van der Waals surface area contributed by atoms with Gasteiger partial charge in [0.15, 0.2) is 5.82 Å². The fourth-order valence-corrected chi connectivity index (χ4v) is 1.62. The summed E-state index contributed by atoms with van der Waals surface area (Å²) in [5.74, 6) is 0.654. The van der Waals surface area contributed by atoms with Gasteiger partial charge in [-0.1, -0.05) is 35.9 Å². The zero-order chi connectivity index (χ0) is 10.8. The van der Waals surface area contributed by atoms with Crippen LogP contribution in [0.1, 0.15) is 5.56 Å². The molecule has 0 saturated heterocycles. The number of benzene rings is 1. The fraction of sp³-hybridized carbons (Fsp3) is 0.0909. The van der Waals surface area contributed by atoms with Crippen molar-refractivity contribution in [3.63, 3.8) is 0 Å². The first-order valence-electron chi connectivity index (χ1n) is 4.42. The van der Waals surface area contributed by atoms with Gasteiger partial charge in [-0.3, -0.25) is 0 Å². The Bertz CT molecular complexity index is 500. The molecule has 0 amide bonds. The molecule has 0 radical (unpaired) electrons. The molecule has 0 spiro atoms. The maximum atomic E-state index is 5.92. The van der Waals surface area contributed by atoms with Gasteiger partial charge in [0.25, 0.3) is 0 Å². The lowest BCUT2D eigenvalue weighted by Crippen LogP contribution is -1.91. The van der Waals surface area contributed by atoms with Crippen LogP contribution >= 0.6 is 27.5 Å². The number of aromatic nitrogens is 2. The first-order valence-corrected chi connectivity index (χ1v) is 5.59. The molecule has 1 heterocycles. The predicted molar refractivity (Wildman–Crippen MR) is 64.9 cm³/mol. The van der Waals surface area contributed by atoms with E-state index in [0.717, 1.165) is 11.1 Å². The fourth-order valence-electron chi connectivity index (χ4n) is 1.30. The number of aryl methyl sites for hydroxylation is 1. The van der Waals surface area contributed by atoms with Crippen LogP contribution in [0.2, 0.25) is 5.15 Å². The largest absolute Gasteiger partial charge is 0.235 e. The number of nitrogens with zero attached hydrogens (tertiary/aromatic N) is 2. The smallest absolute Gasteiger partial charge is 0.161 e. The Morgan fingerprint density at radius 1 is 1.27 bits per heavy atom. The van der Waals surface area contributed by atoms with Crippen molar-refractivity contribution in [1.82, 2.24) is 9.97 Å². The van der Waals surface area contributed by atoms with Crippen molar-refractivity contribution in [3.8, 4) is 11.4 Å². The maximum absolute atomic E-state index is 5.92. The van der Waals surface area contributed by atoms with Crippen LogP contribution in [-0.4, -0.2) is 9.97 Å². The first-order chi connectivity index (χ1) is 7.18. The highest BCUT2D eigenvalue weighted by molar-refractivity contribution is 9.10. The summed E-state index contributed by atoms with van der Waals surface area (Å²) in [6.07, 6.45) is 1.66. The zero-order valence-electron chi connectivity index (χ0n) is 8.04. The molecule has 0 aliphatic heterocycles. The van der Waals surface area contributed by atoms with Crippen LogP contribution in [0.3, 0.4) is 0 Å². The number of halogens is 2. The number of hydrogen-bond donors (Lipinski definition) is 0. The van der Waals surface area contributed by atoms with E-state index in [1.54, 1.807) is 6.20 Å². The van der Waals surface area contributed by atoms with Gasteiger partial charge in [0.2, 0.25) is 0 Å². The highest BCUT2D eigenvalue weighted by atomic mass is 79.9. The SMILES string of the molecule is Cc1ccccc1-c1ncc(Br)c(Cl)n1. The van der Waals surface area contributed by atoms with E-state index in [0.29, 0.717) is 15.5 Å². The topological polar surface area (TPSA) is 25.8 Å². The molecule has 15 heavy (non-hydrogen) atoms. The highest BCUT2D eigenvalue weighted by Gasteiger charge is 2.06. The van der Waals surface area contributed by atoms with Crippen LogP contribution in [0.4, 0.5) is 0 Å². The van der Waals surface area contributed by atoms with Crippen LogP contribution in [0, 0.1) is 6.92 Å². The molecule has 0 atom stereocenters. The third-order valence-corrected chi connectivity index (χ3v) is 3.18. The second-order valence-electron chi connectivity index (χ2n) is 3.15. The van der Waals surface area contributed by atoms with Gasteiger partial charge in [-0.25, -0.2) is 9.97 Å². The Labute approximate surface area is 101 Å². The molecule has 4 heteroatoms. The molecule has 1 aromatic carbocycles. The molecule has 0 bridgehead atoms. The van der Waals surface area contributed by atoms with Crippen LogP contribution in [-0.2, 0) is 0 Å². The molecule has 1 aromatic heterocycles. The minimum Gasteiger partial charge on any atom is -0.235 e. The third-order valence-electron chi connectivity index (χ3n) is 2.09. The van der Waals surface area contributed by atoms with Crippen molar-refractivity contribution in [3.05, 3.63) is 45.7 Å². The standard InChI is InChI=1S/C11H8BrClN2/c1-7-4-2-3-5-8(7)11-14-6-9(12)10(13)15-11/h2-6H,1H3. The van der Waals surface area contributed by atoms with Crippen molar-refractivity contribution in [2.75, 3.05) is 0 Å². The molecular weight excluding hydrogens is 275 g/mol. The minimum absolute atomic E-state index is 0.434. The highest BCUT2D eigenvalue weighted by Crippen LogP contribution is 2.24. The quantitative estimate of drug-likeness (QED) is 0.743. The summed E-state index contributed by atoms with van der Waals surface area (Å²) in [5, 5.41) is 0.434. The number of rotatable bonds is 1. The van der Waals surface area contributed by atoms with Gasteiger partial charge in [0, 0.05) is 11.8 Å². The van der Waals surface area contributed by atoms with E-state index >= 15 is 0 Å². The van der Waals surface area contributed by atoms with E-state index in [4.69, 9.17) is 11.6 Å². The van der Waals surface area contributed by atoms with E-state index < -0.39 is 0 Å². The van der Waals surface area contributed by atoms with Gasteiger partial charge in [-0.05, 0) is 28.4 Å². The minimum atomic E-state index is 0.434. The monoisotopic (exact) mass is 282 g/mol. The molecule has 0 saturated carbocycles. The van der Waals surface area contributed by atoms with E-state index in [1.165, 1.54) is 0 Å². The van der Waals surface area contributed by atoms with E-state index in [2.05, 4.69) is 25.9 Å². The summed E-state index contributed by atoms with van der Waals surface area (Å²) >= 11 is 9.18. The average molecular weight is 284 g/mol. The zero-order valence-corrected chi connectivity index (χ0v) is 10.4. The van der Waals surface area contributed by atoms with Crippen molar-refractivity contribution in [2.24, 2.45) is 0 Å². The molecule has 0 aliphatic carbocycles. The van der Waals surface area contributed by atoms with Crippen LogP contribution < -0.4 is 0 Å². The molecule has 2 nitrogen and oxygen atoms in total. The Hall–Kier alpha value is -0.930. The second kappa shape index (κ2) is 4.29. The first kappa shape index (κ1) is 10.6. The summed E-state index contributed by atoms with van der Waals surface area (Å²) in [4.78, 5) is 8.44. The Kier molecular flexibility index (Phi) is 3.03. The normalized spacial score (nSPS) is 10.3. The van der Waals surface area contributed by atoms with Gasteiger partial charge < -0.3 is 0 Å². The average Bonchev–Trinajstić information content (AvgIpc) is 2.23. The summed E-state index contributed by atoms with van der Waals surface area (Å²) in [5.41, 5.74) is 2.14. The van der Waals surface area contributed by atoms with Crippen LogP contribution in [0.25, 0.3) is 11.4 Å². The van der Waals surface area contributed by atoms with Crippen molar-refractivity contribution in [1.29, 1.82) is 0 Å². The van der Waals surface area contributed by atoms with Crippen LogP contribution in [0.5, 0.6) is 0 Å². The lowest BCUT2D eigenvalue weighted by molar-refractivity contribution is 1.15. The lowest BCUT2D eigenvalue weighted by atomic mass is 10.1. The summed E-state index contributed by atoms with van der Waals surface area (Å²) < 4.78 is 0.710. The molecule has 0 fully saturated rings. The summed E-state index contributed by atoms with van der Waals surface area (Å²) in [6.45, 7) is 2.02. The lowest BCUT2D eigenvalue weighted by Gasteiger charge is -2.04. The van der Waals surface area contributed by atoms with Gasteiger partial charge in [0.1, 0.15) is 5.15 Å². The maximum Gasteiger partial charge on any atom is 0.161 e. The van der Waals surface area contributed by atoms with E-state index in [9.17, 15) is 0 Å². The third kappa shape index (κ3) is 2.19. The molecule has 0 aliphatic rings. The molecular formula is C11H8BrClN2.